The molecular formula is C23H32N4O3. The summed E-state index contributed by atoms with van der Waals surface area (Å²) in [5.41, 5.74) is -0.0788. The molecule has 0 aromatic carbocycles. The first-order valence-corrected chi connectivity index (χ1v) is 11.2. The summed E-state index contributed by atoms with van der Waals surface area (Å²) in [7, 11) is 0. The average molecular weight is 413 g/mol. The minimum Gasteiger partial charge on any atom is -0.352 e. The van der Waals surface area contributed by atoms with Crippen LogP contribution in [0.1, 0.15) is 71.6 Å². The summed E-state index contributed by atoms with van der Waals surface area (Å²) >= 11 is 0. The predicted octanol–water partition coefficient (Wildman–Crippen LogP) is 2.68. The SMILES string of the molecule is CC1=CN2C(=NC(=O)C[C@@]2(C)C(=O)N(CC(=O)NC2CCCC2)C2CCCC2)C=C1. The molecule has 0 aromatic heterocycles. The van der Waals surface area contributed by atoms with E-state index >= 15 is 0 Å². The van der Waals surface area contributed by atoms with Crippen LogP contribution in [0.2, 0.25) is 0 Å². The van der Waals surface area contributed by atoms with Gasteiger partial charge < -0.3 is 15.1 Å². The van der Waals surface area contributed by atoms with Crippen LogP contribution < -0.4 is 5.32 Å². The highest BCUT2D eigenvalue weighted by atomic mass is 16.2. The Morgan fingerprint density at radius 2 is 1.83 bits per heavy atom. The van der Waals surface area contributed by atoms with Crippen molar-refractivity contribution in [1.29, 1.82) is 0 Å². The Hall–Kier alpha value is -2.44. The molecule has 30 heavy (non-hydrogen) atoms. The van der Waals surface area contributed by atoms with Crippen molar-refractivity contribution in [3.8, 4) is 0 Å². The maximum absolute atomic E-state index is 13.9. The number of nitrogens with zero attached hydrogens (tertiary/aromatic N) is 3. The van der Waals surface area contributed by atoms with Crippen LogP contribution in [-0.4, -0.2) is 57.5 Å². The topological polar surface area (TPSA) is 82.1 Å². The number of hydrogen-bond acceptors (Lipinski definition) is 4. The van der Waals surface area contributed by atoms with Crippen molar-refractivity contribution in [2.24, 2.45) is 4.99 Å². The van der Waals surface area contributed by atoms with Crippen molar-refractivity contribution in [2.75, 3.05) is 6.54 Å². The summed E-state index contributed by atoms with van der Waals surface area (Å²) in [6.45, 7) is 3.82. The van der Waals surface area contributed by atoms with Gasteiger partial charge in [0.2, 0.25) is 11.8 Å². The average Bonchev–Trinajstić information content (AvgIpc) is 3.40. The molecule has 4 rings (SSSR count). The third-order valence-corrected chi connectivity index (χ3v) is 6.86. The Bertz CT molecular complexity index is 818. The second-order valence-corrected chi connectivity index (χ2v) is 9.31. The van der Waals surface area contributed by atoms with E-state index < -0.39 is 5.54 Å². The van der Waals surface area contributed by atoms with Crippen molar-refractivity contribution in [1.82, 2.24) is 15.1 Å². The number of carbonyl (C=O) groups excluding carboxylic acids is 3. The lowest BCUT2D eigenvalue weighted by Crippen LogP contribution is -2.63. The van der Waals surface area contributed by atoms with Gasteiger partial charge in [0.15, 0.2) is 0 Å². The number of carbonyl (C=O) groups is 3. The zero-order valence-corrected chi connectivity index (χ0v) is 18.0. The molecule has 2 aliphatic carbocycles. The Morgan fingerprint density at radius 1 is 1.17 bits per heavy atom. The van der Waals surface area contributed by atoms with Gasteiger partial charge in [0.1, 0.15) is 11.4 Å². The lowest BCUT2D eigenvalue weighted by molar-refractivity contribution is -0.148. The summed E-state index contributed by atoms with van der Waals surface area (Å²) in [6, 6.07) is 0.271. The molecule has 7 nitrogen and oxygen atoms in total. The standard InChI is InChI=1S/C23H32N4O3/c1-16-11-12-19-25-20(28)13-23(2,27(19)14-16)22(30)26(18-9-5-6-10-18)15-21(29)24-17-7-3-4-8-17/h11-12,14,17-18H,3-10,13,15H2,1-2H3,(H,24,29)/t23-/m0/s1. The predicted molar refractivity (Wildman–Crippen MR) is 115 cm³/mol. The molecule has 3 amide bonds. The number of nitrogens with one attached hydrogen (secondary N) is 1. The molecule has 0 saturated heterocycles. The fourth-order valence-electron chi connectivity index (χ4n) is 5.20. The van der Waals surface area contributed by atoms with Crippen molar-refractivity contribution in [2.45, 2.75) is 89.3 Å². The van der Waals surface area contributed by atoms with Crippen LogP contribution in [0.3, 0.4) is 0 Å². The lowest BCUT2D eigenvalue weighted by atomic mass is 9.89. The van der Waals surface area contributed by atoms with Crippen LogP contribution in [0.25, 0.3) is 0 Å². The largest absolute Gasteiger partial charge is 0.352 e. The highest BCUT2D eigenvalue weighted by Gasteiger charge is 2.49. The van der Waals surface area contributed by atoms with Crippen LogP contribution in [0, 0.1) is 0 Å². The Labute approximate surface area is 178 Å². The molecule has 1 atom stereocenters. The highest BCUT2D eigenvalue weighted by Crippen LogP contribution is 2.34. The molecule has 0 bridgehead atoms. The third kappa shape index (κ3) is 4.07. The van der Waals surface area contributed by atoms with Gasteiger partial charge in [0, 0.05) is 18.3 Å². The molecule has 4 aliphatic rings. The van der Waals surface area contributed by atoms with Crippen molar-refractivity contribution in [3.63, 3.8) is 0 Å². The molecule has 0 unspecified atom stereocenters. The molecule has 2 saturated carbocycles. The van der Waals surface area contributed by atoms with Crippen LogP contribution in [0.5, 0.6) is 0 Å². The molecule has 2 aliphatic heterocycles. The first-order valence-electron chi connectivity index (χ1n) is 11.2. The maximum atomic E-state index is 13.9. The first-order chi connectivity index (χ1) is 14.4. The summed E-state index contributed by atoms with van der Waals surface area (Å²) in [6.07, 6.45) is 13.8. The Balaban J connectivity index is 1.58. The van der Waals surface area contributed by atoms with Gasteiger partial charge in [-0.25, -0.2) is 0 Å². The summed E-state index contributed by atoms with van der Waals surface area (Å²) in [5, 5.41) is 3.12. The number of fused-ring (bicyclic) bond motifs is 1. The number of allylic oxidation sites excluding steroid dienone is 2. The monoisotopic (exact) mass is 412 g/mol. The van der Waals surface area contributed by atoms with Crippen molar-refractivity contribution in [3.05, 3.63) is 23.9 Å². The van der Waals surface area contributed by atoms with E-state index in [1.807, 2.05) is 31.0 Å². The van der Waals surface area contributed by atoms with Gasteiger partial charge in [-0.3, -0.25) is 14.4 Å². The second kappa shape index (κ2) is 8.36. The Morgan fingerprint density at radius 3 is 2.53 bits per heavy atom. The summed E-state index contributed by atoms with van der Waals surface area (Å²) in [4.78, 5) is 46.8. The van der Waals surface area contributed by atoms with E-state index in [1.54, 1.807) is 11.0 Å². The van der Waals surface area contributed by atoms with Gasteiger partial charge in [-0.2, -0.15) is 4.99 Å². The molecule has 1 N–H and O–H groups in total. The van der Waals surface area contributed by atoms with Gasteiger partial charge in [-0.15, -0.1) is 0 Å². The first kappa shape index (κ1) is 20.8. The van der Waals surface area contributed by atoms with Crippen molar-refractivity contribution >= 4 is 23.6 Å². The number of aliphatic imine (C=N–C) groups is 1. The highest BCUT2D eigenvalue weighted by molar-refractivity contribution is 6.10. The quantitative estimate of drug-likeness (QED) is 0.753. The molecule has 0 aromatic rings. The van der Waals surface area contributed by atoms with E-state index in [9.17, 15) is 14.4 Å². The zero-order valence-electron chi connectivity index (χ0n) is 18.0. The second-order valence-electron chi connectivity index (χ2n) is 9.31. The van der Waals surface area contributed by atoms with E-state index in [0.717, 1.165) is 56.9 Å². The number of rotatable bonds is 5. The molecule has 0 radical (unpaired) electrons. The minimum atomic E-state index is -1.07. The fourth-order valence-corrected chi connectivity index (χ4v) is 5.20. The smallest absolute Gasteiger partial charge is 0.250 e. The molecule has 162 valence electrons. The lowest BCUT2D eigenvalue weighted by Gasteiger charge is -2.45. The number of amides is 3. The number of amidine groups is 1. The maximum Gasteiger partial charge on any atom is 0.250 e. The summed E-state index contributed by atoms with van der Waals surface area (Å²) in [5.74, 6) is -0.0472. The minimum absolute atomic E-state index is 0.0143. The Kier molecular flexibility index (Phi) is 5.80. The molecule has 2 fully saturated rings. The molecular weight excluding hydrogens is 380 g/mol. The normalized spacial score (nSPS) is 27.0. The van der Waals surface area contributed by atoms with Crippen LogP contribution in [-0.2, 0) is 14.4 Å². The molecule has 0 spiro atoms. The van der Waals surface area contributed by atoms with Gasteiger partial charge >= 0.3 is 0 Å². The van der Waals surface area contributed by atoms with E-state index in [2.05, 4.69) is 10.3 Å². The summed E-state index contributed by atoms with van der Waals surface area (Å²) < 4.78 is 0. The van der Waals surface area contributed by atoms with E-state index in [4.69, 9.17) is 0 Å². The third-order valence-electron chi connectivity index (χ3n) is 6.86. The molecule has 2 heterocycles. The van der Waals surface area contributed by atoms with Gasteiger partial charge in [-0.05, 0) is 51.2 Å². The van der Waals surface area contributed by atoms with Gasteiger partial charge in [-0.1, -0.05) is 31.8 Å². The molecule has 7 heteroatoms. The van der Waals surface area contributed by atoms with E-state index in [-0.39, 0.29) is 42.8 Å². The van der Waals surface area contributed by atoms with Crippen LogP contribution in [0.4, 0.5) is 0 Å². The van der Waals surface area contributed by atoms with E-state index in [1.165, 1.54) is 0 Å². The van der Waals surface area contributed by atoms with Crippen molar-refractivity contribution < 1.29 is 14.4 Å². The van der Waals surface area contributed by atoms with Gasteiger partial charge in [0.25, 0.3) is 5.91 Å². The fraction of sp³-hybridized carbons (Fsp3) is 0.652. The zero-order chi connectivity index (χ0) is 21.3. The van der Waals surface area contributed by atoms with E-state index in [0.29, 0.717) is 5.84 Å². The van der Waals surface area contributed by atoms with Crippen LogP contribution >= 0.6 is 0 Å². The number of hydrogen-bond donors (Lipinski definition) is 1. The van der Waals surface area contributed by atoms with Gasteiger partial charge in [0.05, 0.1) is 13.0 Å². The van der Waals surface area contributed by atoms with Crippen LogP contribution in [0.15, 0.2) is 28.9 Å².